The van der Waals surface area contributed by atoms with E-state index in [-0.39, 0.29) is 16.6 Å². The van der Waals surface area contributed by atoms with Gasteiger partial charge in [0.15, 0.2) is 0 Å². The average Bonchev–Trinajstić information content (AvgIpc) is 2.32. The minimum absolute atomic E-state index is 0.0470. The number of rotatable bonds is 2. The fraction of sp³-hybridized carbons (Fsp3) is 0.333. The van der Waals surface area contributed by atoms with E-state index < -0.39 is 0 Å². The van der Waals surface area contributed by atoms with Crippen molar-refractivity contribution in [2.24, 2.45) is 0 Å². The van der Waals surface area contributed by atoms with Gasteiger partial charge in [-0.1, -0.05) is 32.9 Å². The fourth-order valence-electron chi connectivity index (χ4n) is 1.87. The van der Waals surface area contributed by atoms with E-state index in [2.05, 4.69) is 42.9 Å². The normalized spacial score (nSPS) is 11.4. The predicted octanol–water partition coefficient (Wildman–Crippen LogP) is 4.11. The zero-order valence-corrected chi connectivity index (χ0v) is 12.8. The van der Waals surface area contributed by atoms with Crippen LogP contribution in [-0.2, 0) is 5.41 Å². The zero-order valence-electron chi connectivity index (χ0n) is 12.1. The molecular weight excluding hydrogens is 274 g/mol. The lowest BCUT2D eigenvalue weighted by molar-refractivity contribution is 0.440. The van der Waals surface area contributed by atoms with Gasteiger partial charge in [-0.25, -0.2) is 4.98 Å². The second-order valence-electron chi connectivity index (χ2n) is 5.75. The van der Waals surface area contributed by atoms with Gasteiger partial charge in [-0.05, 0) is 35.6 Å². The molecule has 1 aromatic heterocycles. The highest BCUT2D eigenvalue weighted by atomic mass is 35.5. The highest BCUT2D eigenvalue weighted by Crippen LogP contribution is 2.35. The third-order valence-corrected chi connectivity index (χ3v) is 3.08. The van der Waals surface area contributed by atoms with Crippen molar-refractivity contribution in [3.8, 4) is 11.6 Å². The van der Waals surface area contributed by atoms with E-state index in [1.165, 1.54) is 6.20 Å². The van der Waals surface area contributed by atoms with Crippen molar-refractivity contribution in [3.63, 3.8) is 0 Å². The molecule has 0 saturated heterocycles. The Morgan fingerprint density at radius 2 is 1.95 bits per heavy atom. The van der Waals surface area contributed by atoms with E-state index >= 15 is 0 Å². The number of ether oxygens (including phenoxy) is 1. The van der Waals surface area contributed by atoms with Crippen molar-refractivity contribution >= 4 is 17.3 Å². The summed E-state index contributed by atoms with van der Waals surface area (Å²) in [5, 5.41) is 0.110. The minimum atomic E-state index is -0.0470. The van der Waals surface area contributed by atoms with Crippen molar-refractivity contribution in [2.45, 2.75) is 33.1 Å². The topological polar surface area (TPSA) is 61.0 Å². The van der Waals surface area contributed by atoms with Crippen molar-refractivity contribution in [1.82, 2.24) is 9.97 Å². The van der Waals surface area contributed by atoms with E-state index in [4.69, 9.17) is 22.1 Å². The van der Waals surface area contributed by atoms with Gasteiger partial charge in [-0.3, -0.25) is 0 Å². The van der Waals surface area contributed by atoms with Gasteiger partial charge in [0.05, 0.1) is 6.20 Å². The molecule has 5 heteroatoms. The lowest BCUT2D eigenvalue weighted by atomic mass is 9.86. The van der Waals surface area contributed by atoms with Crippen LogP contribution in [0.3, 0.4) is 0 Å². The van der Waals surface area contributed by atoms with E-state index in [1.807, 2.05) is 13.0 Å². The molecule has 0 saturated carbocycles. The van der Waals surface area contributed by atoms with Gasteiger partial charge in [0.25, 0.3) is 0 Å². The average molecular weight is 292 g/mol. The molecule has 2 rings (SSSR count). The van der Waals surface area contributed by atoms with Crippen LogP contribution < -0.4 is 10.5 Å². The lowest BCUT2D eigenvalue weighted by Gasteiger charge is -2.23. The summed E-state index contributed by atoms with van der Waals surface area (Å²) in [6, 6.07) is 6.09. The third-order valence-electron chi connectivity index (χ3n) is 2.90. The molecule has 0 amide bonds. The second kappa shape index (κ2) is 5.29. The van der Waals surface area contributed by atoms with Crippen molar-refractivity contribution in [2.75, 3.05) is 5.73 Å². The first-order chi connectivity index (χ1) is 9.27. The van der Waals surface area contributed by atoms with Gasteiger partial charge in [0.1, 0.15) is 11.4 Å². The smallest absolute Gasteiger partial charge is 0.247 e. The van der Waals surface area contributed by atoms with Crippen molar-refractivity contribution < 1.29 is 4.74 Å². The standard InChI is InChI=1S/C15H18ClN3O/c1-9-5-6-10(15(2,3)4)12(7-9)20-13-11(17)8-18-14(16)19-13/h5-8H,17H2,1-4H3. The number of hydrogen-bond donors (Lipinski definition) is 1. The number of aryl methyl sites for hydroxylation is 1. The Morgan fingerprint density at radius 1 is 1.25 bits per heavy atom. The molecule has 106 valence electrons. The molecule has 0 unspecified atom stereocenters. The summed E-state index contributed by atoms with van der Waals surface area (Å²) in [6.07, 6.45) is 1.44. The van der Waals surface area contributed by atoms with Crippen LogP contribution in [0.1, 0.15) is 31.9 Å². The molecule has 0 fully saturated rings. The van der Waals surface area contributed by atoms with Gasteiger partial charge >= 0.3 is 0 Å². The quantitative estimate of drug-likeness (QED) is 0.846. The Kier molecular flexibility index (Phi) is 3.86. The van der Waals surface area contributed by atoms with Gasteiger partial charge in [-0.2, -0.15) is 4.98 Å². The Labute approximate surface area is 124 Å². The maximum Gasteiger partial charge on any atom is 0.247 e. The van der Waals surface area contributed by atoms with Crippen LogP contribution in [0, 0.1) is 6.92 Å². The van der Waals surface area contributed by atoms with E-state index in [9.17, 15) is 0 Å². The number of benzene rings is 1. The molecule has 2 N–H and O–H groups in total. The van der Waals surface area contributed by atoms with Crippen molar-refractivity contribution in [1.29, 1.82) is 0 Å². The SMILES string of the molecule is Cc1ccc(C(C)(C)C)c(Oc2nc(Cl)ncc2N)c1. The number of anilines is 1. The summed E-state index contributed by atoms with van der Waals surface area (Å²) < 4.78 is 5.87. The monoisotopic (exact) mass is 291 g/mol. The summed E-state index contributed by atoms with van der Waals surface area (Å²) in [5.41, 5.74) is 8.32. The summed E-state index contributed by atoms with van der Waals surface area (Å²) in [7, 11) is 0. The van der Waals surface area contributed by atoms with Crippen LogP contribution in [0.4, 0.5) is 5.69 Å². The van der Waals surface area contributed by atoms with Crippen molar-refractivity contribution in [3.05, 3.63) is 40.8 Å². The minimum Gasteiger partial charge on any atom is -0.437 e. The lowest BCUT2D eigenvalue weighted by Crippen LogP contribution is -2.13. The molecule has 0 bridgehead atoms. The molecule has 0 aliphatic rings. The van der Waals surface area contributed by atoms with Crippen LogP contribution in [-0.4, -0.2) is 9.97 Å². The molecule has 0 aliphatic carbocycles. The van der Waals surface area contributed by atoms with Crippen LogP contribution in [0.5, 0.6) is 11.6 Å². The largest absolute Gasteiger partial charge is 0.437 e. The fourth-order valence-corrected chi connectivity index (χ4v) is 2.00. The maximum absolute atomic E-state index is 5.87. The first-order valence-electron chi connectivity index (χ1n) is 6.34. The second-order valence-corrected chi connectivity index (χ2v) is 6.09. The van der Waals surface area contributed by atoms with Gasteiger partial charge < -0.3 is 10.5 Å². The summed E-state index contributed by atoms with van der Waals surface area (Å²) in [5.74, 6) is 1.01. The molecule has 0 spiro atoms. The van der Waals surface area contributed by atoms with Crippen LogP contribution in [0.2, 0.25) is 5.28 Å². The number of hydrogen-bond acceptors (Lipinski definition) is 4. The first kappa shape index (κ1) is 14.6. The molecule has 4 nitrogen and oxygen atoms in total. The molecular formula is C15H18ClN3O. The molecule has 0 aliphatic heterocycles. The van der Waals surface area contributed by atoms with Crippen LogP contribution >= 0.6 is 11.6 Å². The zero-order chi connectivity index (χ0) is 14.9. The molecule has 0 atom stereocenters. The summed E-state index contributed by atoms with van der Waals surface area (Å²) in [6.45, 7) is 8.39. The van der Waals surface area contributed by atoms with E-state index in [0.29, 0.717) is 5.69 Å². The molecule has 2 aromatic rings. The predicted molar refractivity (Wildman–Crippen MR) is 81.4 cm³/mol. The summed E-state index contributed by atoms with van der Waals surface area (Å²) in [4.78, 5) is 7.85. The number of aromatic nitrogens is 2. The van der Waals surface area contributed by atoms with Crippen LogP contribution in [0.15, 0.2) is 24.4 Å². The van der Waals surface area contributed by atoms with Gasteiger partial charge in [0.2, 0.25) is 11.2 Å². The number of nitrogens with zero attached hydrogens (tertiary/aromatic N) is 2. The van der Waals surface area contributed by atoms with Crippen LogP contribution in [0.25, 0.3) is 0 Å². The number of halogens is 1. The Bertz CT molecular complexity index is 636. The highest BCUT2D eigenvalue weighted by molar-refractivity contribution is 6.28. The third kappa shape index (κ3) is 3.20. The molecule has 0 radical (unpaired) electrons. The Hall–Kier alpha value is -1.81. The van der Waals surface area contributed by atoms with E-state index in [1.54, 1.807) is 0 Å². The van der Waals surface area contributed by atoms with E-state index in [0.717, 1.165) is 16.9 Å². The first-order valence-corrected chi connectivity index (χ1v) is 6.72. The Morgan fingerprint density at radius 3 is 2.60 bits per heavy atom. The highest BCUT2D eigenvalue weighted by Gasteiger charge is 2.20. The number of nitrogen functional groups attached to an aromatic ring is 1. The van der Waals surface area contributed by atoms with Gasteiger partial charge in [-0.15, -0.1) is 0 Å². The molecule has 1 aromatic carbocycles. The maximum atomic E-state index is 5.87. The molecule has 1 heterocycles. The number of nitrogens with two attached hydrogens (primary N) is 1. The van der Waals surface area contributed by atoms with Gasteiger partial charge in [0, 0.05) is 5.56 Å². The Balaban J connectivity index is 2.47. The summed E-state index contributed by atoms with van der Waals surface area (Å²) >= 11 is 5.79. The molecule has 20 heavy (non-hydrogen) atoms.